The van der Waals surface area contributed by atoms with Gasteiger partial charge in [-0.2, -0.15) is 0 Å². The van der Waals surface area contributed by atoms with Gasteiger partial charge in [-0.05, 0) is 41.6 Å². The van der Waals surface area contributed by atoms with Gasteiger partial charge in [0.25, 0.3) is 0 Å². The Morgan fingerprint density at radius 1 is 1.05 bits per heavy atom. The van der Waals surface area contributed by atoms with Crippen LogP contribution in [-0.4, -0.2) is 0 Å². The van der Waals surface area contributed by atoms with E-state index in [4.69, 9.17) is 0 Å². The highest BCUT2D eigenvalue weighted by Crippen LogP contribution is 2.57. The first-order chi connectivity index (χ1) is 9.29. The molecule has 0 spiro atoms. The Morgan fingerprint density at radius 2 is 1.65 bits per heavy atom. The number of benzene rings is 1. The maximum Gasteiger partial charge on any atom is 0.00346 e. The molecule has 0 amide bonds. The second-order valence-electron chi connectivity index (χ2n) is 8.32. The first-order valence-electron chi connectivity index (χ1n) is 8.34. The molecule has 20 heavy (non-hydrogen) atoms. The number of hydrogen-bond acceptors (Lipinski definition) is 0. The van der Waals surface area contributed by atoms with Crippen molar-refractivity contribution in [2.75, 3.05) is 0 Å². The Balaban J connectivity index is 2.60. The Hall–Kier alpha value is -0.780. The lowest BCUT2D eigenvalue weighted by atomic mass is 9.48. The molecule has 1 aliphatic carbocycles. The van der Waals surface area contributed by atoms with Gasteiger partial charge in [0.15, 0.2) is 0 Å². The van der Waals surface area contributed by atoms with Gasteiger partial charge < -0.3 is 0 Å². The minimum Gasteiger partial charge on any atom is -0.0625 e. The van der Waals surface area contributed by atoms with E-state index in [0.717, 1.165) is 17.8 Å². The SMILES string of the molecule is CC1CCC(C(C)C)C(c2ccccc2)(C(C)(C)C)C1. The predicted molar refractivity (Wildman–Crippen MR) is 88.9 cm³/mol. The fourth-order valence-corrected chi connectivity index (χ4v) is 4.78. The first-order valence-corrected chi connectivity index (χ1v) is 8.34. The molecule has 0 nitrogen and oxygen atoms in total. The minimum atomic E-state index is 0.304. The summed E-state index contributed by atoms with van der Waals surface area (Å²) < 4.78 is 0. The van der Waals surface area contributed by atoms with Gasteiger partial charge >= 0.3 is 0 Å². The molecule has 0 saturated heterocycles. The van der Waals surface area contributed by atoms with Gasteiger partial charge in [0.1, 0.15) is 0 Å². The minimum absolute atomic E-state index is 0.304. The van der Waals surface area contributed by atoms with Gasteiger partial charge in [0.05, 0.1) is 0 Å². The molecule has 3 unspecified atom stereocenters. The average Bonchev–Trinajstić information content (AvgIpc) is 2.37. The zero-order valence-electron chi connectivity index (χ0n) is 14.2. The molecule has 3 atom stereocenters. The molecule has 0 heteroatoms. The van der Waals surface area contributed by atoms with E-state index < -0.39 is 0 Å². The summed E-state index contributed by atoms with van der Waals surface area (Å²) in [7, 11) is 0. The van der Waals surface area contributed by atoms with E-state index in [1.165, 1.54) is 19.3 Å². The van der Waals surface area contributed by atoms with Crippen LogP contribution >= 0.6 is 0 Å². The Kier molecular flexibility index (Phi) is 4.33. The maximum absolute atomic E-state index is 2.45. The average molecular weight is 272 g/mol. The van der Waals surface area contributed by atoms with Crippen LogP contribution in [0, 0.1) is 23.2 Å². The van der Waals surface area contributed by atoms with Crippen molar-refractivity contribution in [3.05, 3.63) is 35.9 Å². The van der Waals surface area contributed by atoms with Gasteiger partial charge in [-0.25, -0.2) is 0 Å². The highest BCUT2D eigenvalue weighted by Gasteiger charge is 2.52. The fraction of sp³-hybridized carbons (Fsp3) is 0.700. The van der Waals surface area contributed by atoms with E-state index in [1.54, 1.807) is 5.56 Å². The van der Waals surface area contributed by atoms with E-state index >= 15 is 0 Å². The van der Waals surface area contributed by atoms with Crippen LogP contribution in [0.5, 0.6) is 0 Å². The monoisotopic (exact) mass is 272 g/mol. The highest BCUT2D eigenvalue weighted by atomic mass is 14.6. The van der Waals surface area contributed by atoms with Crippen molar-refractivity contribution in [3.8, 4) is 0 Å². The van der Waals surface area contributed by atoms with Crippen LogP contribution in [0.2, 0.25) is 0 Å². The fourth-order valence-electron chi connectivity index (χ4n) is 4.78. The quantitative estimate of drug-likeness (QED) is 0.613. The summed E-state index contributed by atoms with van der Waals surface area (Å²) in [5.74, 6) is 2.38. The number of hydrogen-bond donors (Lipinski definition) is 0. The Morgan fingerprint density at radius 3 is 2.15 bits per heavy atom. The lowest BCUT2D eigenvalue weighted by Crippen LogP contribution is -2.51. The van der Waals surface area contributed by atoms with Gasteiger partial charge in [0.2, 0.25) is 0 Å². The van der Waals surface area contributed by atoms with Crippen molar-refractivity contribution in [1.82, 2.24) is 0 Å². The Bertz CT molecular complexity index is 423. The van der Waals surface area contributed by atoms with Crippen LogP contribution in [0.25, 0.3) is 0 Å². The van der Waals surface area contributed by atoms with Gasteiger partial charge in [-0.1, -0.05) is 78.3 Å². The van der Waals surface area contributed by atoms with Gasteiger partial charge in [-0.3, -0.25) is 0 Å². The molecule has 2 rings (SSSR count). The summed E-state index contributed by atoms with van der Waals surface area (Å²) in [6, 6.07) is 11.3. The van der Waals surface area contributed by atoms with Crippen LogP contribution in [0.4, 0.5) is 0 Å². The first kappa shape index (κ1) is 15.6. The standard InChI is InChI=1S/C20H32/c1-15(2)18-13-12-16(3)14-20(18,19(4,5)6)17-10-8-7-9-11-17/h7-11,15-16,18H,12-14H2,1-6H3. The van der Waals surface area contributed by atoms with Crippen molar-refractivity contribution >= 4 is 0 Å². The topological polar surface area (TPSA) is 0 Å². The molecule has 0 bridgehead atoms. The molecular weight excluding hydrogens is 240 g/mol. The van der Waals surface area contributed by atoms with Crippen LogP contribution < -0.4 is 0 Å². The Labute approximate surface area is 126 Å². The predicted octanol–water partition coefficient (Wildman–Crippen LogP) is 6.06. The lowest BCUT2D eigenvalue weighted by molar-refractivity contribution is 0.0114. The molecule has 1 saturated carbocycles. The zero-order chi connectivity index (χ0) is 15.0. The van der Waals surface area contributed by atoms with Crippen LogP contribution in [0.15, 0.2) is 30.3 Å². The summed E-state index contributed by atoms with van der Waals surface area (Å²) in [6.07, 6.45) is 4.11. The summed E-state index contributed by atoms with van der Waals surface area (Å²) in [5.41, 5.74) is 2.19. The smallest absolute Gasteiger partial charge is 0.00346 e. The highest BCUT2D eigenvalue weighted by molar-refractivity contribution is 5.30. The third-order valence-corrected chi connectivity index (χ3v) is 5.71. The zero-order valence-corrected chi connectivity index (χ0v) is 14.2. The van der Waals surface area contributed by atoms with E-state index in [9.17, 15) is 0 Å². The molecule has 0 aliphatic heterocycles. The van der Waals surface area contributed by atoms with Crippen molar-refractivity contribution in [1.29, 1.82) is 0 Å². The third kappa shape index (κ3) is 2.54. The molecule has 1 aromatic carbocycles. The molecule has 0 heterocycles. The molecule has 112 valence electrons. The molecule has 1 fully saturated rings. The summed E-state index contributed by atoms with van der Waals surface area (Å²) in [4.78, 5) is 0. The number of rotatable bonds is 2. The normalized spacial score (nSPS) is 31.6. The summed E-state index contributed by atoms with van der Waals surface area (Å²) >= 11 is 0. The second kappa shape index (κ2) is 5.54. The summed E-state index contributed by atoms with van der Waals surface area (Å²) in [5, 5.41) is 0. The van der Waals surface area contributed by atoms with E-state index in [1.807, 2.05) is 0 Å². The lowest BCUT2D eigenvalue weighted by Gasteiger charge is -2.56. The van der Waals surface area contributed by atoms with Gasteiger partial charge in [-0.15, -0.1) is 0 Å². The molecule has 0 aromatic heterocycles. The van der Waals surface area contributed by atoms with E-state index in [0.29, 0.717) is 10.8 Å². The van der Waals surface area contributed by atoms with Crippen LogP contribution in [0.3, 0.4) is 0 Å². The largest absolute Gasteiger partial charge is 0.0625 e. The molecule has 0 radical (unpaired) electrons. The maximum atomic E-state index is 2.45. The third-order valence-electron chi connectivity index (χ3n) is 5.71. The van der Waals surface area contributed by atoms with Gasteiger partial charge in [0, 0.05) is 5.41 Å². The molecule has 1 aliphatic rings. The molecular formula is C20H32. The van der Waals surface area contributed by atoms with Crippen LogP contribution in [-0.2, 0) is 5.41 Å². The van der Waals surface area contributed by atoms with E-state index in [-0.39, 0.29) is 0 Å². The van der Waals surface area contributed by atoms with Crippen LogP contribution in [0.1, 0.15) is 66.4 Å². The second-order valence-corrected chi connectivity index (χ2v) is 8.32. The van der Waals surface area contributed by atoms with Crippen molar-refractivity contribution < 1.29 is 0 Å². The van der Waals surface area contributed by atoms with Crippen molar-refractivity contribution in [2.24, 2.45) is 23.2 Å². The summed E-state index contributed by atoms with van der Waals surface area (Å²) in [6.45, 7) is 14.6. The van der Waals surface area contributed by atoms with E-state index in [2.05, 4.69) is 71.9 Å². The van der Waals surface area contributed by atoms with Crippen molar-refractivity contribution in [2.45, 2.75) is 66.2 Å². The molecule has 0 N–H and O–H groups in total. The molecule has 1 aromatic rings. The van der Waals surface area contributed by atoms with Crippen molar-refractivity contribution in [3.63, 3.8) is 0 Å².